The summed E-state index contributed by atoms with van der Waals surface area (Å²) in [5, 5.41) is 13.3. The minimum absolute atomic E-state index is 0.122. The van der Waals surface area contributed by atoms with Crippen LogP contribution in [0.5, 0.6) is 0 Å². The number of rotatable bonds is 3. The number of carbonyl (C=O) groups is 3. The average Bonchev–Trinajstić information content (AvgIpc) is 2.49. The fraction of sp³-hybridized carbons (Fsp3) is 0.308. The van der Waals surface area contributed by atoms with Crippen LogP contribution in [0.15, 0.2) is 24.3 Å². The van der Waals surface area contributed by atoms with Crippen molar-refractivity contribution in [2.24, 2.45) is 0 Å². The lowest BCUT2D eigenvalue weighted by Gasteiger charge is -2.23. The van der Waals surface area contributed by atoms with Crippen LogP contribution in [0.4, 0.5) is 16.2 Å². The molecule has 0 aliphatic carbocycles. The summed E-state index contributed by atoms with van der Waals surface area (Å²) in [7, 11) is 1.53. The van der Waals surface area contributed by atoms with Gasteiger partial charge in [-0.3, -0.25) is 14.9 Å². The minimum atomic E-state index is -0.452. The lowest BCUT2D eigenvalue weighted by Crippen LogP contribution is -2.56. The smallest absolute Gasteiger partial charge is 0.318 e. The van der Waals surface area contributed by atoms with Crippen molar-refractivity contribution in [3.8, 4) is 0 Å². The molecule has 0 spiro atoms. The molecule has 0 saturated carbocycles. The van der Waals surface area contributed by atoms with Crippen LogP contribution in [0, 0.1) is 0 Å². The van der Waals surface area contributed by atoms with Gasteiger partial charge in [-0.05, 0) is 24.3 Å². The summed E-state index contributed by atoms with van der Waals surface area (Å²) in [6.45, 7) is 0.397. The van der Waals surface area contributed by atoms with Crippen LogP contribution in [0.2, 0.25) is 0 Å². The Bertz CT molecular complexity index is 533. The molecule has 0 bridgehead atoms. The van der Waals surface area contributed by atoms with Crippen molar-refractivity contribution in [2.75, 3.05) is 30.8 Å². The molecule has 1 aromatic rings. The van der Waals surface area contributed by atoms with Crippen molar-refractivity contribution >= 4 is 29.2 Å². The van der Waals surface area contributed by atoms with Crippen molar-refractivity contribution in [1.82, 2.24) is 16.0 Å². The number of anilines is 2. The second-order valence-corrected chi connectivity index (χ2v) is 4.51. The molecule has 1 unspecified atom stereocenters. The molecule has 1 saturated heterocycles. The van der Waals surface area contributed by atoms with E-state index in [2.05, 4.69) is 26.6 Å². The Balaban J connectivity index is 1.89. The molecule has 112 valence electrons. The summed E-state index contributed by atoms with van der Waals surface area (Å²) in [6, 6.07) is 5.97. The molecule has 0 radical (unpaired) electrons. The van der Waals surface area contributed by atoms with E-state index in [0.29, 0.717) is 11.4 Å². The van der Waals surface area contributed by atoms with Gasteiger partial charge in [0.2, 0.25) is 11.8 Å². The van der Waals surface area contributed by atoms with Gasteiger partial charge < -0.3 is 21.3 Å². The predicted molar refractivity (Wildman–Crippen MR) is 78.0 cm³/mol. The van der Waals surface area contributed by atoms with Crippen molar-refractivity contribution in [3.05, 3.63) is 24.3 Å². The van der Waals surface area contributed by atoms with E-state index in [1.165, 1.54) is 7.05 Å². The zero-order chi connectivity index (χ0) is 15.2. The van der Waals surface area contributed by atoms with Gasteiger partial charge in [-0.2, -0.15) is 0 Å². The van der Waals surface area contributed by atoms with E-state index in [1.807, 2.05) is 0 Å². The highest BCUT2D eigenvalue weighted by Gasteiger charge is 2.23. The maximum Gasteiger partial charge on any atom is 0.318 e. The Morgan fingerprint density at radius 2 is 1.76 bits per heavy atom. The Labute approximate surface area is 121 Å². The first-order chi connectivity index (χ1) is 10.1. The molecule has 1 heterocycles. The SMILES string of the molecule is CNC(=O)Nc1ccc(NC(=O)C2CNC(=O)CN2)cc1. The van der Waals surface area contributed by atoms with Gasteiger partial charge in [0.25, 0.3) is 0 Å². The molecule has 4 amide bonds. The number of amides is 4. The molecule has 0 aromatic heterocycles. The van der Waals surface area contributed by atoms with Gasteiger partial charge in [0.1, 0.15) is 6.04 Å². The van der Waals surface area contributed by atoms with E-state index >= 15 is 0 Å². The summed E-state index contributed by atoms with van der Waals surface area (Å²) in [5.41, 5.74) is 1.23. The summed E-state index contributed by atoms with van der Waals surface area (Å²) in [5.74, 6) is -0.342. The molecule has 21 heavy (non-hydrogen) atoms. The molecule has 1 aliphatic heterocycles. The molecule has 1 fully saturated rings. The fourth-order valence-corrected chi connectivity index (χ4v) is 1.81. The van der Waals surface area contributed by atoms with E-state index in [1.54, 1.807) is 24.3 Å². The van der Waals surface area contributed by atoms with Crippen LogP contribution in [-0.4, -0.2) is 44.0 Å². The maximum absolute atomic E-state index is 12.0. The number of hydrogen-bond acceptors (Lipinski definition) is 4. The topological polar surface area (TPSA) is 111 Å². The van der Waals surface area contributed by atoms with Crippen molar-refractivity contribution in [1.29, 1.82) is 0 Å². The Morgan fingerprint density at radius 3 is 2.29 bits per heavy atom. The highest BCUT2D eigenvalue weighted by atomic mass is 16.2. The number of hydrogen-bond donors (Lipinski definition) is 5. The molecule has 8 heteroatoms. The number of urea groups is 1. The normalized spacial score (nSPS) is 17.6. The monoisotopic (exact) mass is 291 g/mol. The van der Waals surface area contributed by atoms with Gasteiger partial charge in [0.15, 0.2) is 0 Å². The number of piperazine rings is 1. The van der Waals surface area contributed by atoms with Crippen LogP contribution in [0.25, 0.3) is 0 Å². The molecule has 8 nitrogen and oxygen atoms in total. The average molecular weight is 291 g/mol. The summed E-state index contributed by atoms with van der Waals surface area (Å²) in [4.78, 5) is 34.1. The third-order valence-corrected chi connectivity index (χ3v) is 2.97. The lowest BCUT2D eigenvalue weighted by atomic mass is 10.2. The van der Waals surface area contributed by atoms with Gasteiger partial charge in [0.05, 0.1) is 6.54 Å². The Hall–Kier alpha value is -2.61. The quantitative estimate of drug-likeness (QED) is 0.515. The van der Waals surface area contributed by atoms with Crippen LogP contribution < -0.4 is 26.6 Å². The van der Waals surface area contributed by atoms with Crippen LogP contribution in [-0.2, 0) is 9.59 Å². The molecule has 5 N–H and O–H groups in total. The fourth-order valence-electron chi connectivity index (χ4n) is 1.81. The van der Waals surface area contributed by atoms with E-state index in [9.17, 15) is 14.4 Å². The third-order valence-electron chi connectivity index (χ3n) is 2.97. The zero-order valence-electron chi connectivity index (χ0n) is 11.5. The summed E-state index contributed by atoms with van der Waals surface area (Å²) < 4.78 is 0. The first-order valence-electron chi connectivity index (χ1n) is 6.48. The van der Waals surface area contributed by atoms with Gasteiger partial charge in [-0.25, -0.2) is 4.79 Å². The molecule has 1 aliphatic rings. The van der Waals surface area contributed by atoms with Gasteiger partial charge in [-0.15, -0.1) is 0 Å². The van der Waals surface area contributed by atoms with Crippen molar-refractivity contribution in [2.45, 2.75) is 6.04 Å². The standard InChI is InChI=1S/C13H17N5O3/c1-14-13(21)18-9-4-2-8(3-5-9)17-12(20)10-6-16-11(19)7-15-10/h2-5,10,15H,6-7H2,1H3,(H,16,19)(H,17,20)(H2,14,18,21). The van der Waals surface area contributed by atoms with Gasteiger partial charge in [0, 0.05) is 25.0 Å². The summed E-state index contributed by atoms with van der Waals surface area (Å²) >= 11 is 0. The second-order valence-electron chi connectivity index (χ2n) is 4.51. The van der Waals surface area contributed by atoms with Crippen molar-refractivity contribution in [3.63, 3.8) is 0 Å². The van der Waals surface area contributed by atoms with E-state index in [0.717, 1.165) is 0 Å². The Kier molecular flexibility index (Phi) is 4.72. The molecule has 1 aromatic carbocycles. The van der Waals surface area contributed by atoms with Crippen LogP contribution in [0.1, 0.15) is 0 Å². The summed E-state index contributed by atoms with van der Waals surface area (Å²) in [6.07, 6.45) is 0. The van der Waals surface area contributed by atoms with E-state index in [4.69, 9.17) is 0 Å². The number of carbonyl (C=O) groups excluding carboxylic acids is 3. The van der Waals surface area contributed by atoms with Crippen molar-refractivity contribution < 1.29 is 14.4 Å². The predicted octanol–water partition coefficient (Wildman–Crippen LogP) is -0.536. The molecular formula is C13H17N5O3. The molecular weight excluding hydrogens is 274 g/mol. The maximum atomic E-state index is 12.0. The largest absolute Gasteiger partial charge is 0.353 e. The zero-order valence-corrected chi connectivity index (χ0v) is 11.5. The number of benzene rings is 1. The highest BCUT2D eigenvalue weighted by Crippen LogP contribution is 2.13. The molecule has 1 atom stereocenters. The first kappa shape index (κ1) is 14.8. The van der Waals surface area contributed by atoms with E-state index < -0.39 is 6.04 Å². The van der Waals surface area contributed by atoms with Gasteiger partial charge >= 0.3 is 6.03 Å². The first-order valence-corrected chi connectivity index (χ1v) is 6.48. The number of nitrogens with one attached hydrogen (secondary N) is 5. The Morgan fingerprint density at radius 1 is 1.14 bits per heavy atom. The second kappa shape index (κ2) is 6.71. The van der Waals surface area contributed by atoms with Crippen LogP contribution in [0.3, 0.4) is 0 Å². The third kappa shape index (κ3) is 4.18. The molecule has 2 rings (SSSR count). The highest BCUT2D eigenvalue weighted by molar-refractivity contribution is 5.97. The minimum Gasteiger partial charge on any atom is -0.353 e. The lowest BCUT2D eigenvalue weighted by molar-refractivity contribution is -0.124. The van der Waals surface area contributed by atoms with Gasteiger partial charge in [-0.1, -0.05) is 0 Å². The van der Waals surface area contributed by atoms with Crippen LogP contribution >= 0.6 is 0 Å². The van der Waals surface area contributed by atoms with E-state index in [-0.39, 0.29) is 30.9 Å².